The Morgan fingerprint density at radius 3 is 2.75 bits per heavy atom. The summed E-state index contributed by atoms with van der Waals surface area (Å²) in [6.45, 7) is 1.29. The van der Waals surface area contributed by atoms with Crippen molar-refractivity contribution in [3.05, 3.63) is 83.4 Å². The molecule has 0 amide bonds. The second kappa shape index (κ2) is 10.8. The summed E-state index contributed by atoms with van der Waals surface area (Å²) in [7, 11) is 0. The lowest BCUT2D eigenvalue weighted by Gasteiger charge is -2.13. The van der Waals surface area contributed by atoms with E-state index in [0.29, 0.717) is 41.3 Å². The van der Waals surface area contributed by atoms with Gasteiger partial charge in [-0.2, -0.15) is 0 Å². The quantitative estimate of drug-likeness (QED) is 0.299. The molecule has 1 aliphatic rings. The van der Waals surface area contributed by atoms with Crippen LogP contribution in [0.3, 0.4) is 0 Å². The first-order valence-electron chi connectivity index (χ1n) is 11.4. The number of aromatic nitrogens is 2. The number of hydrogen-bond donors (Lipinski definition) is 3. The summed E-state index contributed by atoms with van der Waals surface area (Å²) in [5.74, 6) is 0.802. The molecule has 0 saturated carbocycles. The molecule has 1 atom stereocenters. The van der Waals surface area contributed by atoms with Gasteiger partial charge in [0.05, 0.1) is 16.6 Å². The third-order valence-electron chi connectivity index (χ3n) is 5.58. The summed E-state index contributed by atoms with van der Waals surface area (Å²) in [5, 5.41) is 7.72. The van der Waals surface area contributed by atoms with Crippen molar-refractivity contribution in [2.75, 3.05) is 23.8 Å². The molecule has 0 saturated heterocycles. The third kappa shape index (κ3) is 5.64. The molecule has 4 aromatic rings. The fourth-order valence-corrected chi connectivity index (χ4v) is 4.04. The summed E-state index contributed by atoms with van der Waals surface area (Å²) in [4.78, 5) is 13.3. The number of ether oxygens (including phenoxy) is 2. The standard InChI is InChI=1S/C26H24ClFN6O2/c27-22-12-19(5-7-24(22)35-13-16-2-1-3-17(28)10-16)32-25-21-11-18(4-6-23(21)30-15-31-25)33-26-34-20(8-9-29)14-36-26/h1-7,10-12,15,20H,8-9,13-14,29H2,(H,33,34)(H,30,31,32). The van der Waals surface area contributed by atoms with Gasteiger partial charge in [-0.3, -0.25) is 0 Å². The van der Waals surface area contributed by atoms with E-state index in [-0.39, 0.29) is 18.5 Å². The molecule has 8 nitrogen and oxygen atoms in total. The smallest absolute Gasteiger partial charge is 0.289 e. The molecule has 2 heterocycles. The van der Waals surface area contributed by atoms with Crippen LogP contribution in [0.5, 0.6) is 5.75 Å². The topological polar surface area (TPSA) is 107 Å². The molecule has 0 fully saturated rings. The van der Waals surface area contributed by atoms with Crippen LogP contribution < -0.4 is 21.1 Å². The summed E-state index contributed by atoms with van der Waals surface area (Å²) < 4.78 is 24.8. The maximum atomic E-state index is 13.4. The van der Waals surface area contributed by atoms with Crippen LogP contribution in [0.15, 0.2) is 72.0 Å². The minimum absolute atomic E-state index is 0.0732. The van der Waals surface area contributed by atoms with Gasteiger partial charge in [-0.25, -0.2) is 19.4 Å². The van der Waals surface area contributed by atoms with E-state index in [1.165, 1.54) is 18.5 Å². The molecule has 3 aromatic carbocycles. The average Bonchev–Trinajstić information content (AvgIpc) is 3.31. The molecule has 1 unspecified atom stereocenters. The number of nitrogens with one attached hydrogen (secondary N) is 2. The second-order valence-electron chi connectivity index (χ2n) is 8.24. The molecule has 184 valence electrons. The number of amidine groups is 1. The van der Waals surface area contributed by atoms with Crippen LogP contribution in [-0.4, -0.2) is 35.2 Å². The normalized spacial score (nSPS) is 14.9. The van der Waals surface area contributed by atoms with Crippen LogP contribution >= 0.6 is 11.6 Å². The van der Waals surface area contributed by atoms with Crippen LogP contribution in [0.25, 0.3) is 10.9 Å². The van der Waals surface area contributed by atoms with E-state index in [9.17, 15) is 4.39 Å². The molecule has 36 heavy (non-hydrogen) atoms. The van der Waals surface area contributed by atoms with E-state index in [4.69, 9.17) is 26.8 Å². The Hall–Kier alpha value is -3.95. The van der Waals surface area contributed by atoms with Gasteiger partial charge in [0.15, 0.2) is 0 Å². The molecule has 1 aromatic heterocycles. The van der Waals surface area contributed by atoms with Crippen LogP contribution in [-0.2, 0) is 11.3 Å². The summed E-state index contributed by atoms with van der Waals surface area (Å²) in [6, 6.07) is 17.9. The van der Waals surface area contributed by atoms with E-state index >= 15 is 0 Å². The Labute approximate surface area is 212 Å². The van der Waals surface area contributed by atoms with Crippen molar-refractivity contribution in [2.24, 2.45) is 10.7 Å². The number of halogens is 2. The largest absolute Gasteiger partial charge is 0.487 e. The number of anilines is 3. The van der Waals surface area contributed by atoms with E-state index < -0.39 is 0 Å². The zero-order valence-corrected chi connectivity index (χ0v) is 20.0. The maximum Gasteiger partial charge on any atom is 0.289 e. The highest BCUT2D eigenvalue weighted by Gasteiger charge is 2.18. The molecule has 10 heteroatoms. The van der Waals surface area contributed by atoms with Crippen molar-refractivity contribution < 1.29 is 13.9 Å². The van der Waals surface area contributed by atoms with Crippen molar-refractivity contribution in [3.8, 4) is 5.75 Å². The van der Waals surface area contributed by atoms with E-state index in [0.717, 1.165) is 28.7 Å². The summed E-state index contributed by atoms with van der Waals surface area (Å²) in [5.41, 5.74) is 8.63. The Morgan fingerprint density at radius 1 is 1.06 bits per heavy atom. The van der Waals surface area contributed by atoms with Gasteiger partial charge in [-0.15, -0.1) is 0 Å². The number of rotatable bonds is 8. The Bertz CT molecular complexity index is 1420. The highest BCUT2D eigenvalue weighted by atomic mass is 35.5. The van der Waals surface area contributed by atoms with E-state index in [2.05, 4.69) is 25.6 Å². The lowest BCUT2D eigenvalue weighted by molar-refractivity contribution is 0.306. The van der Waals surface area contributed by atoms with Gasteiger partial charge in [0.2, 0.25) is 0 Å². The van der Waals surface area contributed by atoms with Crippen molar-refractivity contribution in [2.45, 2.75) is 19.1 Å². The Kier molecular flexibility index (Phi) is 7.11. The Balaban J connectivity index is 1.31. The average molecular weight is 507 g/mol. The number of fused-ring (bicyclic) bond motifs is 1. The molecular weight excluding hydrogens is 483 g/mol. The molecular formula is C26H24ClFN6O2. The van der Waals surface area contributed by atoms with Gasteiger partial charge in [-0.1, -0.05) is 23.7 Å². The van der Waals surface area contributed by atoms with Gasteiger partial charge < -0.3 is 25.8 Å². The fraction of sp³-hybridized carbons (Fsp3) is 0.192. The van der Waals surface area contributed by atoms with Gasteiger partial charge in [0.1, 0.15) is 36.9 Å². The van der Waals surface area contributed by atoms with Crippen LogP contribution in [0.2, 0.25) is 5.02 Å². The summed E-state index contributed by atoms with van der Waals surface area (Å²) >= 11 is 6.45. The monoisotopic (exact) mass is 506 g/mol. The predicted octanol–water partition coefficient (Wildman–Crippen LogP) is 5.26. The lowest BCUT2D eigenvalue weighted by atomic mass is 10.2. The summed E-state index contributed by atoms with van der Waals surface area (Å²) in [6.07, 6.45) is 2.28. The minimum Gasteiger partial charge on any atom is -0.487 e. The molecule has 4 N–H and O–H groups in total. The zero-order chi connectivity index (χ0) is 24.9. The van der Waals surface area contributed by atoms with Crippen LogP contribution in [0, 0.1) is 5.82 Å². The lowest BCUT2D eigenvalue weighted by Crippen LogP contribution is -2.13. The minimum atomic E-state index is -0.309. The first-order chi connectivity index (χ1) is 17.6. The van der Waals surface area contributed by atoms with Gasteiger partial charge >= 0.3 is 0 Å². The predicted molar refractivity (Wildman–Crippen MR) is 139 cm³/mol. The molecule has 0 aliphatic carbocycles. The molecule has 1 aliphatic heterocycles. The SMILES string of the molecule is NCCC1COC(Nc2ccc3ncnc(Nc4ccc(OCc5cccc(F)c5)c(Cl)c4)c3c2)=N1. The van der Waals surface area contributed by atoms with Gasteiger partial charge in [-0.05, 0) is 67.1 Å². The maximum absolute atomic E-state index is 13.4. The number of hydrogen-bond acceptors (Lipinski definition) is 8. The highest BCUT2D eigenvalue weighted by molar-refractivity contribution is 6.32. The van der Waals surface area contributed by atoms with Gasteiger partial charge in [0.25, 0.3) is 6.02 Å². The first-order valence-corrected chi connectivity index (χ1v) is 11.8. The highest BCUT2D eigenvalue weighted by Crippen LogP contribution is 2.31. The second-order valence-corrected chi connectivity index (χ2v) is 8.65. The van der Waals surface area contributed by atoms with E-state index in [1.807, 2.05) is 24.3 Å². The van der Waals surface area contributed by atoms with Crippen LogP contribution in [0.1, 0.15) is 12.0 Å². The third-order valence-corrected chi connectivity index (χ3v) is 5.87. The van der Waals surface area contributed by atoms with Crippen molar-refractivity contribution in [1.82, 2.24) is 9.97 Å². The first kappa shape index (κ1) is 23.8. The Morgan fingerprint density at radius 2 is 1.92 bits per heavy atom. The number of nitrogens with zero attached hydrogens (tertiary/aromatic N) is 3. The van der Waals surface area contributed by atoms with Crippen LogP contribution in [0.4, 0.5) is 21.6 Å². The van der Waals surface area contributed by atoms with E-state index in [1.54, 1.807) is 24.3 Å². The molecule has 0 spiro atoms. The van der Waals surface area contributed by atoms with Gasteiger partial charge in [0, 0.05) is 16.8 Å². The van der Waals surface area contributed by atoms with Crippen molar-refractivity contribution in [3.63, 3.8) is 0 Å². The number of aliphatic imine (C=N–C) groups is 1. The number of nitrogens with two attached hydrogens (primary N) is 1. The van der Waals surface area contributed by atoms with Crippen molar-refractivity contribution in [1.29, 1.82) is 0 Å². The molecule has 5 rings (SSSR count). The molecule has 0 bridgehead atoms. The van der Waals surface area contributed by atoms with Crippen molar-refractivity contribution >= 4 is 45.7 Å². The molecule has 0 radical (unpaired) electrons. The zero-order valence-electron chi connectivity index (χ0n) is 19.2. The number of benzene rings is 3. The fourth-order valence-electron chi connectivity index (χ4n) is 3.80.